The summed E-state index contributed by atoms with van der Waals surface area (Å²) in [7, 11) is 2.02. The third kappa shape index (κ3) is 4.74. The zero-order chi connectivity index (χ0) is 14.4. The number of rotatable bonds is 7. The van der Waals surface area contributed by atoms with E-state index in [0.29, 0.717) is 12.1 Å². The number of halogens is 1. The van der Waals surface area contributed by atoms with Crippen molar-refractivity contribution in [1.82, 2.24) is 10.2 Å². The molecule has 1 saturated heterocycles. The Morgan fingerprint density at radius 3 is 2.70 bits per heavy atom. The Balaban J connectivity index is 1.88. The molecule has 0 amide bonds. The number of likely N-dealkylation sites (tertiary alicyclic amines) is 1. The molecule has 1 fully saturated rings. The van der Waals surface area contributed by atoms with Gasteiger partial charge in [-0.25, -0.2) is 0 Å². The van der Waals surface area contributed by atoms with Crippen molar-refractivity contribution in [2.75, 3.05) is 26.7 Å². The summed E-state index contributed by atoms with van der Waals surface area (Å²) in [5.74, 6) is 0. The van der Waals surface area contributed by atoms with Gasteiger partial charge in [0, 0.05) is 30.2 Å². The topological polar surface area (TPSA) is 41.3 Å². The van der Waals surface area contributed by atoms with Crippen LogP contribution in [0.1, 0.15) is 24.8 Å². The summed E-state index contributed by atoms with van der Waals surface area (Å²) in [5, 5.41) is 4.07. The first-order chi connectivity index (χ1) is 9.69. The molecule has 1 aliphatic rings. The molecule has 1 aromatic carbocycles. The van der Waals surface area contributed by atoms with E-state index < -0.39 is 0 Å². The lowest BCUT2D eigenvalue weighted by Crippen LogP contribution is -2.37. The van der Waals surface area contributed by atoms with Gasteiger partial charge in [-0.3, -0.25) is 4.90 Å². The number of hydrogen-bond acceptors (Lipinski definition) is 3. The lowest BCUT2D eigenvalue weighted by atomic mass is 10.0. The number of aryl methyl sites for hydroxylation is 1. The summed E-state index contributed by atoms with van der Waals surface area (Å²) >= 11 is 5.93. The molecule has 0 radical (unpaired) electrons. The molecule has 2 atom stereocenters. The fraction of sp³-hybridized carbons (Fsp3) is 0.625. The summed E-state index contributed by atoms with van der Waals surface area (Å²) < 4.78 is 0. The fourth-order valence-corrected chi connectivity index (χ4v) is 3.08. The molecule has 0 saturated carbocycles. The third-order valence-electron chi connectivity index (χ3n) is 4.18. The van der Waals surface area contributed by atoms with Gasteiger partial charge in [0.15, 0.2) is 0 Å². The Hall–Kier alpha value is -0.610. The molecule has 0 aromatic heterocycles. The van der Waals surface area contributed by atoms with E-state index in [1.54, 1.807) is 0 Å². The molecule has 0 bridgehead atoms. The lowest BCUT2D eigenvalue weighted by Gasteiger charge is -2.28. The van der Waals surface area contributed by atoms with Crippen LogP contribution in [0.3, 0.4) is 0 Å². The number of nitrogens with one attached hydrogen (secondary N) is 1. The van der Waals surface area contributed by atoms with Gasteiger partial charge in [0.25, 0.3) is 0 Å². The zero-order valence-electron chi connectivity index (χ0n) is 12.3. The molecule has 3 nitrogen and oxygen atoms in total. The van der Waals surface area contributed by atoms with Gasteiger partial charge in [-0.05, 0) is 57.0 Å². The number of nitrogens with two attached hydrogens (primary N) is 1. The van der Waals surface area contributed by atoms with E-state index in [9.17, 15) is 0 Å². The van der Waals surface area contributed by atoms with Gasteiger partial charge in [-0.2, -0.15) is 0 Å². The maximum absolute atomic E-state index is 6.04. The Morgan fingerprint density at radius 2 is 2.10 bits per heavy atom. The average molecular weight is 296 g/mol. The number of hydrogen-bond donors (Lipinski definition) is 2. The largest absolute Gasteiger partial charge is 0.326 e. The Kier molecular flexibility index (Phi) is 6.30. The van der Waals surface area contributed by atoms with Crippen LogP contribution in [0.4, 0.5) is 0 Å². The first-order valence-corrected chi connectivity index (χ1v) is 7.95. The minimum absolute atomic E-state index is 0.364. The SMILES string of the molecule is CNCCC(CCc1ccc(Cl)cc1)N1CCC(N)C1. The minimum Gasteiger partial charge on any atom is -0.326 e. The third-order valence-corrected chi connectivity index (χ3v) is 4.43. The van der Waals surface area contributed by atoms with Crippen LogP contribution in [-0.2, 0) is 6.42 Å². The highest BCUT2D eigenvalue weighted by molar-refractivity contribution is 6.30. The molecule has 2 unspecified atom stereocenters. The van der Waals surface area contributed by atoms with Crippen molar-refractivity contribution in [1.29, 1.82) is 0 Å². The van der Waals surface area contributed by atoms with Crippen LogP contribution in [0.25, 0.3) is 0 Å². The van der Waals surface area contributed by atoms with Gasteiger partial charge < -0.3 is 11.1 Å². The Labute approximate surface area is 127 Å². The van der Waals surface area contributed by atoms with Crippen LogP contribution in [0, 0.1) is 0 Å². The van der Waals surface area contributed by atoms with Crippen LogP contribution in [0.15, 0.2) is 24.3 Å². The van der Waals surface area contributed by atoms with Gasteiger partial charge in [-0.15, -0.1) is 0 Å². The van der Waals surface area contributed by atoms with E-state index in [1.165, 1.54) is 18.4 Å². The van der Waals surface area contributed by atoms with E-state index in [0.717, 1.165) is 37.5 Å². The molecule has 112 valence electrons. The summed E-state index contributed by atoms with van der Waals surface area (Å²) in [6.07, 6.45) is 4.63. The monoisotopic (exact) mass is 295 g/mol. The van der Waals surface area contributed by atoms with Crippen LogP contribution in [0.5, 0.6) is 0 Å². The van der Waals surface area contributed by atoms with Crippen molar-refractivity contribution >= 4 is 11.6 Å². The molecule has 20 heavy (non-hydrogen) atoms. The molecule has 4 heteroatoms. The summed E-state index contributed by atoms with van der Waals surface area (Å²) in [6, 6.07) is 9.21. The lowest BCUT2D eigenvalue weighted by molar-refractivity contribution is 0.216. The maximum atomic E-state index is 6.04. The fourth-order valence-electron chi connectivity index (χ4n) is 2.95. The van der Waals surface area contributed by atoms with E-state index in [2.05, 4.69) is 22.3 Å². The van der Waals surface area contributed by atoms with Crippen molar-refractivity contribution in [3.8, 4) is 0 Å². The normalized spacial score (nSPS) is 21.2. The van der Waals surface area contributed by atoms with E-state index in [1.807, 2.05) is 19.2 Å². The molecule has 0 spiro atoms. The predicted octanol–water partition coefficient (Wildman–Crippen LogP) is 2.28. The van der Waals surface area contributed by atoms with Crippen molar-refractivity contribution < 1.29 is 0 Å². The molecular weight excluding hydrogens is 270 g/mol. The second-order valence-electron chi connectivity index (χ2n) is 5.75. The van der Waals surface area contributed by atoms with Crippen molar-refractivity contribution in [3.63, 3.8) is 0 Å². The Bertz CT molecular complexity index is 393. The first-order valence-electron chi connectivity index (χ1n) is 7.57. The molecule has 1 aromatic rings. The molecule has 3 N–H and O–H groups in total. The van der Waals surface area contributed by atoms with Crippen LogP contribution >= 0.6 is 11.6 Å². The molecule has 2 rings (SSSR count). The van der Waals surface area contributed by atoms with Crippen molar-refractivity contribution in [2.24, 2.45) is 5.73 Å². The summed E-state index contributed by atoms with van der Waals surface area (Å²) in [4.78, 5) is 2.57. The van der Waals surface area contributed by atoms with E-state index in [4.69, 9.17) is 17.3 Å². The quantitative estimate of drug-likeness (QED) is 0.811. The summed E-state index contributed by atoms with van der Waals surface area (Å²) in [5.41, 5.74) is 7.41. The van der Waals surface area contributed by atoms with Gasteiger partial charge >= 0.3 is 0 Å². The molecule has 0 aliphatic carbocycles. The van der Waals surface area contributed by atoms with Crippen LogP contribution < -0.4 is 11.1 Å². The zero-order valence-corrected chi connectivity index (χ0v) is 13.1. The maximum Gasteiger partial charge on any atom is 0.0406 e. The average Bonchev–Trinajstić information content (AvgIpc) is 2.87. The standard InChI is InChI=1S/C16H26ClN3/c1-19-10-8-16(20-11-9-15(18)12-20)7-4-13-2-5-14(17)6-3-13/h2-3,5-6,15-16,19H,4,7-12,18H2,1H3. The second-order valence-corrected chi connectivity index (χ2v) is 6.19. The Morgan fingerprint density at radius 1 is 1.35 bits per heavy atom. The molecule has 1 heterocycles. The van der Waals surface area contributed by atoms with Crippen molar-refractivity contribution in [3.05, 3.63) is 34.9 Å². The van der Waals surface area contributed by atoms with Crippen LogP contribution in [0.2, 0.25) is 5.02 Å². The summed E-state index contributed by atoms with van der Waals surface area (Å²) in [6.45, 7) is 3.27. The van der Waals surface area contributed by atoms with Gasteiger partial charge in [0.1, 0.15) is 0 Å². The van der Waals surface area contributed by atoms with Gasteiger partial charge in [0.05, 0.1) is 0 Å². The molecule has 1 aliphatic heterocycles. The van der Waals surface area contributed by atoms with E-state index >= 15 is 0 Å². The predicted molar refractivity (Wildman–Crippen MR) is 86.3 cm³/mol. The van der Waals surface area contributed by atoms with Crippen molar-refractivity contribution in [2.45, 2.75) is 37.8 Å². The highest BCUT2D eigenvalue weighted by Crippen LogP contribution is 2.19. The van der Waals surface area contributed by atoms with E-state index in [-0.39, 0.29) is 0 Å². The highest BCUT2D eigenvalue weighted by Gasteiger charge is 2.25. The second kappa shape index (κ2) is 7.99. The first kappa shape index (κ1) is 15.8. The molecular formula is C16H26ClN3. The number of benzene rings is 1. The highest BCUT2D eigenvalue weighted by atomic mass is 35.5. The van der Waals surface area contributed by atoms with Gasteiger partial charge in [0.2, 0.25) is 0 Å². The van der Waals surface area contributed by atoms with Crippen LogP contribution in [-0.4, -0.2) is 43.7 Å². The van der Waals surface area contributed by atoms with Gasteiger partial charge in [-0.1, -0.05) is 23.7 Å². The minimum atomic E-state index is 0.364. The number of nitrogens with zero attached hydrogens (tertiary/aromatic N) is 1. The smallest absolute Gasteiger partial charge is 0.0406 e.